The van der Waals surface area contributed by atoms with Gasteiger partial charge < -0.3 is 20.4 Å². The second kappa shape index (κ2) is 9.35. The Morgan fingerprint density at radius 3 is 2.62 bits per heavy atom. The number of aromatic nitrogens is 1. The number of hydrogen-bond acceptors (Lipinski definition) is 6. The summed E-state index contributed by atoms with van der Waals surface area (Å²) in [6.45, 7) is 2.79. The smallest absolute Gasteiger partial charge is 0.255 e. The summed E-state index contributed by atoms with van der Waals surface area (Å²) in [4.78, 5) is 43.2. The summed E-state index contributed by atoms with van der Waals surface area (Å²) in [6, 6.07) is 10.7. The van der Waals surface area contributed by atoms with Crippen LogP contribution in [0.4, 0.5) is 5.69 Å². The quantitative estimate of drug-likeness (QED) is 0.595. The van der Waals surface area contributed by atoms with Gasteiger partial charge in [0, 0.05) is 24.4 Å². The number of carbonyl (C=O) groups is 3. The molecule has 0 atom stereocenters. The first kappa shape index (κ1) is 21.8. The van der Waals surface area contributed by atoms with Gasteiger partial charge in [-0.2, -0.15) is 0 Å². The number of thiazole rings is 1. The van der Waals surface area contributed by atoms with E-state index in [1.165, 1.54) is 11.3 Å². The molecule has 0 radical (unpaired) electrons. The van der Waals surface area contributed by atoms with Crippen LogP contribution < -0.4 is 11.1 Å². The zero-order valence-corrected chi connectivity index (χ0v) is 18.5. The van der Waals surface area contributed by atoms with Crippen molar-refractivity contribution in [2.45, 2.75) is 26.2 Å². The fourth-order valence-electron chi connectivity index (χ4n) is 3.73. The Balaban J connectivity index is 1.41. The van der Waals surface area contributed by atoms with Crippen molar-refractivity contribution < 1.29 is 18.8 Å². The number of rotatable bonds is 6. The number of nitrogens with one attached hydrogen (secondary N) is 1. The van der Waals surface area contributed by atoms with E-state index in [4.69, 9.17) is 10.2 Å². The molecule has 1 saturated heterocycles. The van der Waals surface area contributed by atoms with E-state index in [0.29, 0.717) is 48.6 Å². The van der Waals surface area contributed by atoms with Gasteiger partial charge in [0.25, 0.3) is 5.91 Å². The minimum Gasteiger partial charge on any atom is -0.459 e. The number of nitrogens with two attached hydrogens (primary N) is 1. The fraction of sp³-hybridized carbons (Fsp3) is 0.304. The molecular weight excluding hydrogens is 428 g/mol. The second-order valence-corrected chi connectivity index (χ2v) is 8.65. The third-order valence-electron chi connectivity index (χ3n) is 5.46. The lowest BCUT2D eigenvalue weighted by atomic mass is 9.95. The number of aryl methyl sites for hydroxylation is 1. The molecule has 1 fully saturated rings. The van der Waals surface area contributed by atoms with E-state index >= 15 is 0 Å². The highest BCUT2D eigenvalue weighted by Crippen LogP contribution is 2.26. The maximum absolute atomic E-state index is 13.0. The number of primary amides is 1. The molecule has 166 valence electrons. The lowest BCUT2D eigenvalue weighted by molar-refractivity contribution is -0.123. The Morgan fingerprint density at radius 2 is 1.94 bits per heavy atom. The number of hydrogen-bond donors (Lipinski definition) is 2. The highest BCUT2D eigenvalue weighted by Gasteiger charge is 2.27. The SMILES string of the molecule is Cc1ccc(-c2nc(CC(=O)Nc3ccccc3C(=O)N3CCC(C(N)=O)CC3)cs2)o1. The monoisotopic (exact) mass is 452 g/mol. The molecule has 4 rings (SSSR count). The number of nitrogens with zero attached hydrogens (tertiary/aromatic N) is 2. The molecule has 3 amide bonds. The van der Waals surface area contributed by atoms with Gasteiger partial charge in [-0.15, -0.1) is 11.3 Å². The molecule has 3 aromatic rings. The largest absolute Gasteiger partial charge is 0.459 e. The Bertz CT molecular complexity index is 1140. The minimum absolute atomic E-state index is 0.0860. The van der Waals surface area contributed by atoms with Crippen molar-refractivity contribution in [2.24, 2.45) is 11.7 Å². The van der Waals surface area contributed by atoms with Crippen LogP contribution >= 0.6 is 11.3 Å². The van der Waals surface area contributed by atoms with Crippen molar-refractivity contribution in [1.82, 2.24) is 9.88 Å². The first-order chi connectivity index (χ1) is 15.4. The first-order valence-corrected chi connectivity index (χ1v) is 11.3. The lowest BCUT2D eigenvalue weighted by Crippen LogP contribution is -2.42. The maximum Gasteiger partial charge on any atom is 0.255 e. The van der Waals surface area contributed by atoms with E-state index < -0.39 is 0 Å². The number of likely N-dealkylation sites (tertiary alicyclic amines) is 1. The van der Waals surface area contributed by atoms with E-state index in [1.807, 2.05) is 24.4 Å². The van der Waals surface area contributed by atoms with Gasteiger partial charge in [-0.05, 0) is 44.0 Å². The van der Waals surface area contributed by atoms with Crippen LogP contribution in [-0.2, 0) is 16.0 Å². The van der Waals surface area contributed by atoms with Gasteiger partial charge in [-0.3, -0.25) is 14.4 Å². The van der Waals surface area contributed by atoms with Gasteiger partial charge >= 0.3 is 0 Å². The Kier molecular flexibility index (Phi) is 6.36. The third kappa shape index (κ3) is 4.88. The topological polar surface area (TPSA) is 119 Å². The van der Waals surface area contributed by atoms with Crippen LogP contribution in [0.2, 0.25) is 0 Å². The molecule has 0 spiro atoms. The number of amides is 3. The molecule has 2 aromatic heterocycles. The summed E-state index contributed by atoms with van der Waals surface area (Å²) in [5, 5.41) is 5.38. The van der Waals surface area contributed by atoms with Gasteiger partial charge in [-0.25, -0.2) is 4.98 Å². The predicted octanol–water partition coefficient (Wildman–Crippen LogP) is 3.23. The van der Waals surface area contributed by atoms with Crippen molar-refractivity contribution in [2.75, 3.05) is 18.4 Å². The zero-order valence-electron chi connectivity index (χ0n) is 17.7. The van der Waals surface area contributed by atoms with Crippen molar-refractivity contribution in [3.05, 3.63) is 58.8 Å². The molecule has 8 nitrogen and oxygen atoms in total. The van der Waals surface area contributed by atoms with E-state index in [0.717, 1.165) is 10.8 Å². The van der Waals surface area contributed by atoms with Crippen LogP contribution in [0.15, 0.2) is 46.2 Å². The standard InChI is InChI=1S/C23H24N4O4S/c1-14-6-7-19(31-14)22-25-16(13-32-22)12-20(28)26-18-5-3-2-4-17(18)23(30)27-10-8-15(9-11-27)21(24)29/h2-7,13,15H,8-12H2,1H3,(H2,24,29)(H,26,28). The van der Waals surface area contributed by atoms with Crippen molar-refractivity contribution in [3.63, 3.8) is 0 Å². The van der Waals surface area contributed by atoms with Gasteiger partial charge in [-0.1, -0.05) is 12.1 Å². The normalized spacial score (nSPS) is 14.3. The molecule has 0 saturated carbocycles. The molecule has 1 aliphatic heterocycles. The van der Waals surface area contributed by atoms with E-state index in [-0.39, 0.29) is 30.1 Å². The highest BCUT2D eigenvalue weighted by atomic mass is 32.1. The van der Waals surface area contributed by atoms with Crippen LogP contribution in [0.3, 0.4) is 0 Å². The average Bonchev–Trinajstić information content (AvgIpc) is 3.42. The van der Waals surface area contributed by atoms with Crippen molar-refractivity contribution in [1.29, 1.82) is 0 Å². The minimum atomic E-state index is -0.322. The summed E-state index contributed by atoms with van der Waals surface area (Å²) < 4.78 is 5.58. The van der Waals surface area contributed by atoms with Gasteiger partial charge in [0.1, 0.15) is 5.76 Å². The average molecular weight is 453 g/mol. The first-order valence-electron chi connectivity index (χ1n) is 10.4. The van der Waals surface area contributed by atoms with Crippen molar-refractivity contribution >= 4 is 34.7 Å². The molecule has 1 aliphatic rings. The third-order valence-corrected chi connectivity index (χ3v) is 6.37. The van der Waals surface area contributed by atoms with Crippen LogP contribution in [0.1, 0.15) is 34.7 Å². The molecule has 9 heteroatoms. The number of carbonyl (C=O) groups excluding carboxylic acids is 3. The molecule has 0 bridgehead atoms. The van der Waals surface area contributed by atoms with Crippen LogP contribution in [0, 0.1) is 12.8 Å². The molecular formula is C23H24N4O4S. The van der Waals surface area contributed by atoms with Crippen LogP contribution in [0.5, 0.6) is 0 Å². The maximum atomic E-state index is 13.0. The Hall–Kier alpha value is -3.46. The number of piperidine rings is 1. The molecule has 0 unspecified atom stereocenters. The second-order valence-electron chi connectivity index (χ2n) is 7.79. The van der Waals surface area contributed by atoms with Crippen LogP contribution in [0.25, 0.3) is 10.8 Å². The molecule has 3 heterocycles. The summed E-state index contributed by atoms with van der Waals surface area (Å²) in [5.41, 5.74) is 6.89. The fourth-order valence-corrected chi connectivity index (χ4v) is 4.51. The van der Waals surface area contributed by atoms with Crippen LogP contribution in [-0.4, -0.2) is 40.7 Å². The number of anilines is 1. The number of benzene rings is 1. The summed E-state index contributed by atoms with van der Waals surface area (Å²) in [7, 11) is 0. The summed E-state index contributed by atoms with van der Waals surface area (Å²) >= 11 is 1.41. The van der Waals surface area contributed by atoms with Gasteiger partial charge in [0.2, 0.25) is 11.8 Å². The Morgan fingerprint density at radius 1 is 1.19 bits per heavy atom. The molecule has 1 aromatic carbocycles. The Labute approximate surface area is 189 Å². The molecule has 3 N–H and O–H groups in total. The highest BCUT2D eigenvalue weighted by molar-refractivity contribution is 7.13. The summed E-state index contributed by atoms with van der Waals surface area (Å²) in [6.07, 6.45) is 1.19. The van der Waals surface area contributed by atoms with Gasteiger partial charge in [0.05, 0.1) is 23.4 Å². The van der Waals surface area contributed by atoms with E-state index in [1.54, 1.807) is 29.2 Å². The summed E-state index contributed by atoms with van der Waals surface area (Å²) in [5.74, 6) is 0.530. The number of furan rings is 1. The van der Waals surface area contributed by atoms with E-state index in [9.17, 15) is 14.4 Å². The zero-order chi connectivity index (χ0) is 22.7. The molecule has 0 aliphatic carbocycles. The van der Waals surface area contributed by atoms with E-state index in [2.05, 4.69) is 10.3 Å². The lowest BCUT2D eigenvalue weighted by Gasteiger charge is -2.31. The van der Waals surface area contributed by atoms with Crippen molar-refractivity contribution in [3.8, 4) is 10.8 Å². The molecule has 32 heavy (non-hydrogen) atoms. The van der Waals surface area contributed by atoms with Gasteiger partial charge in [0.15, 0.2) is 10.8 Å². The number of para-hydroxylation sites is 1. The predicted molar refractivity (Wildman–Crippen MR) is 121 cm³/mol.